The maximum absolute atomic E-state index is 14.0. The number of nitrogens with one attached hydrogen (secondary N) is 1. The molecule has 0 spiro atoms. The second kappa shape index (κ2) is 5.80. The minimum Gasteiger partial charge on any atom is -0.309 e. The maximum atomic E-state index is 14.0. The fourth-order valence-electron chi connectivity index (χ4n) is 2.18. The van der Waals surface area contributed by atoms with Crippen molar-refractivity contribution >= 4 is 15.9 Å². The van der Waals surface area contributed by atoms with Gasteiger partial charge in [-0.15, -0.1) is 0 Å². The zero-order valence-corrected chi connectivity index (χ0v) is 12.3. The van der Waals surface area contributed by atoms with Crippen molar-refractivity contribution in [1.29, 1.82) is 0 Å². The molecule has 0 radical (unpaired) electrons. The van der Waals surface area contributed by atoms with Gasteiger partial charge in [0, 0.05) is 10.0 Å². The van der Waals surface area contributed by atoms with Gasteiger partial charge in [-0.1, -0.05) is 22.0 Å². The predicted octanol–water partition coefficient (Wildman–Crippen LogP) is 4.34. The van der Waals surface area contributed by atoms with Crippen LogP contribution in [-0.2, 0) is 0 Å². The SMILES string of the molecule is CNC(c1ccc(F)cc1C)c1cc(Br)ccc1F. The molecular weight excluding hydrogens is 312 g/mol. The average molecular weight is 326 g/mol. The quantitative estimate of drug-likeness (QED) is 0.884. The molecule has 0 saturated heterocycles. The van der Waals surface area contributed by atoms with Crippen molar-refractivity contribution in [3.05, 3.63) is 69.2 Å². The highest BCUT2D eigenvalue weighted by Gasteiger charge is 2.18. The summed E-state index contributed by atoms with van der Waals surface area (Å²) in [6.45, 7) is 1.82. The van der Waals surface area contributed by atoms with Crippen LogP contribution in [0.3, 0.4) is 0 Å². The van der Waals surface area contributed by atoms with Crippen molar-refractivity contribution in [3.63, 3.8) is 0 Å². The Bertz CT molecular complexity index is 599. The number of rotatable bonds is 3. The Morgan fingerprint density at radius 1 is 1.05 bits per heavy atom. The Kier molecular flexibility index (Phi) is 4.32. The molecule has 1 unspecified atom stereocenters. The highest BCUT2D eigenvalue weighted by molar-refractivity contribution is 9.10. The number of halogens is 3. The highest BCUT2D eigenvalue weighted by Crippen LogP contribution is 2.29. The van der Waals surface area contributed by atoms with E-state index in [0.717, 1.165) is 15.6 Å². The van der Waals surface area contributed by atoms with E-state index in [4.69, 9.17) is 0 Å². The van der Waals surface area contributed by atoms with Crippen LogP contribution in [0.2, 0.25) is 0 Å². The zero-order valence-electron chi connectivity index (χ0n) is 10.7. The predicted molar refractivity (Wildman–Crippen MR) is 76.1 cm³/mol. The van der Waals surface area contributed by atoms with Gasteiger partial charge in [0.15, 0.2) is 0 Å². The minimum atomic E-state index is -0.307. The van der Waals surface area contributed by atoms with Gasteiger partial charge in [0.1, 0.15) is 11.6 Å². The minimum absolute atomic E-state index is 0.286. The molecule has 4 heteroatoms. The lowest BCUT2D eigenvalue weighted by Crippen LogP contribution is -2.20. The normalized spacial score (nSPS) is 12.5. The first-order valence-corrected chi connectivity index (χ1v) is 6.70. The Labute approximate surface area is 119 Å². The van der Waals surface area contributed by atoms with E-state index in [1.165, 1.54) is 18.2 Å². The van der Waals surface area contributed by atoms with Crippen LogP contribution in [0.4, 0.5) is 8.78 Å². The molecule has 19 heavy (non-hydrogen) atoms. The van der Waals surface area contributed by atoms with Crippen LogP contribution in [0.5, 0.6) is 0 Å². The molecule has 0 amide bonds. The van der Waals surface area contributed by atoms with Gasteiger partial charge in [0.2, 0.25) is 0 Å². The molecule has 2 rings (SSSR count). The summed E-state index contributed by atoms with van der Waals surface area (Å²) in [7, 11) is 1.76. The van der Waals surface area contributed by atoms with E-state index in [-0.39, 0.29) is 17.7 Å². The Balaban J connectivity index is 2.52. The van der Waals surface area contributed by atoms with Gasteiger partial charge in [-0.05, 0) is 55.4 Å². The molecule has 0 saturated carbocycles. The van der Waals surface area contributed by atoms with Gasteiger partial charge in [0.05, 0.1) is 6.04 Å². The molecule has 1 N–H and O–H groups in total. The van der Waals surface area contributed by atoms with Crippen LogP contribution < -0.4 is 5.32 Å². The second-order valence-electron chi connectivity index (χ2n) is 4.39. The van der Waals surface area contributed by atoms with Crippen molar-refractivity contribution < 1.29 is 8.78 Å². The number of aryl methyl sites for hydroxylation is 1. The van der Waals surface area contributed by atoms with Crippen molar-refractivity contribution in [3.8, 4) is 0 Å². The van der Waals surface area contributed by atoms with Crippen molar-refractivity contribution in [2.75, 3.05) is 7.05 Å². The lowest BCUT2D eigenvalue weighted by atomic mass is 9.94. The van der Waals surface area contributed by atoms with Crippen LogP contribution in [0.25, 0.3) is 0 Å². The summed E-state index contributed by atoms with van der Waals surface area (Å²) in [5.74, 6) is -0.572. The fourth-order valence-corrected chi connectivity index (χ4v) is 2.56. The lowest BCUT2D eigenvalue weighted by Gasteiger charge is -2.20. The van der Waals surface area contributed by atoms with Gasteiger partial charge < -0.3 is 5.32 Å². The molecular formula is C15H14BrF2N. The third-order valence-electron chi connectivity index (χ3n) is 3.10. The van der Waals surface area contributed by atoms with Gasteiger partial charge in [-0.25, -0.2) is 8.78 Å². The third-order valence-corrected chi connectivity index (χ3v) is 3.59. The van der Waals surface area contributed by atoms with Crippen LogP contribution >= 0.6 is 15.9 Å². The largest absolute Gasteiger partial charge is 0.309 e. The van der Waals surface area contributed by atoms with Crippen LogP contribution in [0.15, 0.2) is 40.9 Å². The first-order valence-electron chi connectivity index (χ1n) is 5.91. The fraction of sp³-hybridized carbons (Fsp3) is 0.200. The molecule has 1 atom stereocenters. The number of benzene rings is 2. The summed E-state index contributed by atoms with van der Waals surface area (Å²) in [5.41, 5.74) is 2.19. The third kappa shape index (κ3) is 3.01. The molecule has 0 fully saturated rings. The van der Waals surface area contributed by atoms with Crippen LogP contribution in [-0.4, -0.2) is 7.05 Å². The molecule has 100 valence electrons. The van der Waals surface area contributed by atoms with Crippen LogP contribution in [0.1, 0.15) is 22.7 Å². The molecule has 2 aromatic carbocycles. The Morgan fingerprint density at radius 3 is 2.42 bits per heavy atom. The van der Waals surface area contributed by atoms with Gasteiger partial charge in [-0.3, -0.25) is 0 Å². The van der Waals surface area contributed by atoms with Crippen molar-refractivity contribution in [2.45, 2.75) is 13.0 Å². The summed E-state index contributed by atoms with van der Waals surface area (Å²) < 4.78 is 27.9. The summed E-state index contributed by atoms with van der Waals surface area (Å²) >= 11 is 3.34. The molecule has 0 aliphatic rings. The first-order chi connectivity index (χ1) is 9.02. The first kappa shape index (κ1) is 14.2. The lowest BCUT2D eigenvalue weighted by molar-refractivity contribution is 0.573. The molecule has 0 aromatic heterocycles. The molecule has 0 heterocycles. The van der Waals surface area contributed by atoms with Crippen molar-refractivity contribution in [1.82, 2.24) is 5.32 Å². The van der Waals surface area contributed by atoms with E-state index in [1.807, 2.05) is 6.92 Å². The summed E-state index contributed by atoms with van der Waals surface area (Å²) in [6, 6.07) is 9.04. The topological polar surface area (TPSA) is 12.0 Å². The molecule has 1 nitrogen and oxygen atoms in total. The molecule has 0 aliphatic carbocycles. The van der Waals surface area contributed by atoms with E-state index in [9.17, 15) is 8.78 Å². The summed E-state index contributed by atoms with van der Waals surface area (Å²) in [4.78, 5) is 0. The second-order valence-corrected chi connectivity index (χ2v) is 5.30. The smallest absolute Gasteiger partial charge is 0.128 e. The standard InChI is InChI=1S/C15H14BrF2N/c1-9-7-11(17)4-5-12(9)15(19-2)13-8-10(16)3-6-14(13)18/h3-8,15,19H,1-2H3. The Morgan fingerprint density at radius 2 is 1.79 bits per heavy atom. The molecule has 0 bridgehead atoms. The number of hydrogen-bond acceptors (Lipinski definition) is 1. The zero-order chi connectivity index (χ0) is 14.0. The van der Waals surface area contributed by atoms with Crippen molar-refractivity contribution in [2.24, 2.45) is 0 Å². The van der Waals surface area contributed by atoms with Gasteiger partial charge >= 0.3 is 0 Å². The number of hydrogen-bond donors (Lipinski definition) is 1. The van der Waals surface area contributed by atoms with E-state index in [0.29, 0.717) is 5.56 Å². The van der Waals surface area contributed by atoms with E-state index >= 15 is 0 Å². The molecule has 0 aliphatic heterocycles. The van der Waals surface area contributed by atoms with Gasteiger partial charge in [-0.2, -0.15) is 0 Å². The molecule has 2 aromatic rings. The maximum Gasteiger partial charge on any atom is 0.128 e. The Hall–Kier alpha value is -1.26. The van der Waals surface area contributed by atoms with Gasteiger partial charge in [0.25, 0.3) is 0 Å². The monoisotopic (exact) mass is 325 g/mol. The summed E-state index contributed by atoms with van der Waals surface area (Å²) in [6.07, 6.45) is 0. The van der Waals surface area contributed by atoms with Crippen LogP contribution in [0, 0.1) is 18.6 Å². The summed E-state index contributed by atoms with van der Waals surface area (Å²) in [5, 5.41) is 3.08. The van der Waals surface area contributed by atoms with E-state index in [2.05, 4.69) is 21.2 Å². The average Bonchev–Trinajstić information content (AvgIpc) is 2.36. The van der Waals surface area contributed by atoms with E-state index in [1.54, 1.807) is 25.2 Å². The van der Waals surface area contributed by atoms with E-state index < -0.39 is 0 Å². The highest BCUT2D eigenvalue weighted by atomic mass is 79.9.